The maximum absolute atomic E-state index is 10.1. The zero-order chi connectivity index (χ0) is 11.3. The van der Waals surface area contributed by atoms with E-state index in [1.165, 1.54) is 6.08 Å². The molecule has 0 aliphatic rings. The summed E-state index contributed by atoms with van der Waals surface area (Å²) < 4.78 is 5.20. The Labute approximate surface area is 96.9 Å². The second-order valence-corrected chi connectivity index (χ2v) is 3.53. The Morgan fingerprint density at radius 2 is 1.93 bits per heavy atom. The number of carboxylic acids is 1. The number of ether oxygens (including phenoxy) is 1. The van der Waals surface area contributed by atoms with Crippen LogP contribution in [-0.4, -0.2) is 17.7 Å². The largest absolute Gasteiger partial charge is 0.489 e. The van der Waals surface area contributed by atoms with Gasteiger partial charge in [-0.3, -0.25) is 0 Å². The molecule has 0 aromatic heterocycles. The van der Waals surface area contributed by atoms with Crippen molar-refractivity contribution < 1.29 is 14.6 Å². The molecule has 0 fully saturated rings. The zero-order valence-corrected chi connectivity index (χ0v) is 9.13. The molecular weight excluding hydrogens is 239 g/mol. The molecule has 1 aromatic rings. The third-order valence-corrected chi connectivity index (χ3v) is 1.88. The summed E-state index contributed by atoms with van der Waals surface area (Å²) in [7, 11) is 0. The lowest BCUT2D eigenvalue weighted by Crippen LogP contribution is -1.95. The van der Waals surface area contributed by atoms with Crippen LogP contribution < -0.4 is 4.74 Å². The SMILES string of the molecule is O=C(O)/C=C/COc1cc(Cl)cc(Cl)c1. The van der Waals surface area contributed by atoms with E-state index in [0.29, 0.717) is 15.8 Å². The lowest BCUT2D eigenvalue weighted by atomic mass is 10.3. The van der Waals surface area contributed by atoms with Gasteiger partial charge in [0, 0.05) is 16.1 Å². The van der Waals surface area contributed by atoms with Crippen LogP contribution in [0.4, 0.5) is 0 Å². The summed E-state index contributed by atoms with van der Waals surface area (Å²) >= 11 is 11.5. The number of carboxylic acid groups (broad SMARTS) is 1. The molecule has 0 saturated heterocycles. The molecule has 1 rings (SSSR count). The van der Waals surface area contributed by atoms with E-state index < -0.39 is 5.97 Å². The molecule has 0 spiro atoms. The summed E-state index contributed by atoms with van der Waals surface area (Å²) in [6.07, 6.45) is 2.39. The first-order valence-corrected chi connectivity index (χ1v) is 4.82. The Morgan fingerprint density at radius 1 is 1.33 bits per heavy atom. The standard InChI is InChI=1S/C10H8Cl2O3/c11-7-4-8(12)6-9(5-7)15-3-1-2-10(13)14/h1-2,4-6H,3H2,(H,13,14)/b2-1+. The maximum atomic E-state index is 10.1. The molecule has 0 heterocycles. The van der Waals surface area contributed by atoms with E-state index >= 15 is 0 Å². The van der Waals surface area contributed by atoms with Crippen molar-refractivity contribution in [3.05, 3.63) is 40.4 Å². The Bertz CT molecular complexity index is 368. The van der Waals surface area contributed by atoms with Gasteiger partial charge in [0.1, 0.15) is 12.4 Å². The first-order valence-electron chi connectivity index (χ1n) is 4.06. The second kappa shape index (κ2) is 5.63. The molecule has 0 amide bonds. The Hall–Kier alpha value is -1.19. The minimum atomic E-state index is -1.01. The van der Waals surface area contributed by atoms with Crippen molar-refractivity contribution in [1.29, 1.82) is 0 Å². The van der Waals surface area contributed by atoms with Crippen molar-refractivity contribution in [2.45, 2.75) is 0 Å². The van der Waals surface area contributed by atoms with Gasteiger partial charge in [-0.1, -0.05) is 23.2 Å². The van der Waals surface area contributed by atoms with Crippen LogP contribution in [0.3, 0.4) is 0 Å². The number of hydrogen-bond acceptors (Lipinski definition) is 2. The average Bonchev–Trinajstić information content (AvgIpc) is 2.10. The van der Waals surface area contributed by atoms with Crippen molar-refractivity contribution in [1.82, 2.24) is 0 Å². The molecule has 1 N–H and O–H groups in total. The number of benzene rings is 1. The van der Waals surface area contributed by atoms with Gasteiger partial charge in [-0.2, -0.15) is 0 Å². The molecule has 5 heteroatoms. The predicted molar refractivity (Wildman–Crippen MR) is 58.7 cm³/mol. The van der Waals surface area contributed by atoms with Crippen LogP contribution in [0, 0.1) is 0 Å². The number of carbonyl (C=O) groups is 1. The van der Waals surface area contributed by atoms with Gasteiger partial charge in [-0.15, -0.1) is 0 Å². The smallest absolute Gasteiger partial charge is 0.328 e. The predicted octanol–water partition coefficient (Wildman–Crippen LogP) is 3.01. The molecular formula is C10H8Cl2O3. The quantitative estimate of drug-likeness (QED) is 0.832. The lowest BCUT2D eigenvalue weighted by Gasteiger charge is -2.03. The minimum absolute atomic E-state index is 0.156. The van der Waals surface area contributed by atoms with Gasteiger partial charge in [0.25, 0.3) is 0 Å². The fourth-order valence-electron chi connectivity index (χ4n) is 0.905. The van der Waals surface area contributed by atoms with Crippen LogP contribution in [-0.2, 0) is 4.79 Å². The molecule has 0 aliphatic heterocycles. The van der Waals surface area contributed by atoms with E-state index in [1.807, 2.05) is 0 Å². The van der Waals surface area contributed by atoms with Crippen molar-refractivity contribution in [3.8, 4) is 5.75 Å². The number of halogens is 2. The zero-order valence-electron chi connectivity index (χ0n) is 7.61. The molecule has 0 radical (unpaired) electrons. The fourth-order valence-corrected chi connectivity index (χ4v) is 1.41. The summed E-state index contributed by atoms with van der Waals surface area (Å²) in [6.45, 7) is 0.156. The van der Waals surface area contributed by atoms with E-state index in [9.17, 15) is 4.79 Å². The van der Waals surface area contributed by atoms with Crippen LogP contribution in [0.2, 0.25) is 10.0 Å². The van der Waals surface area contributed by atoms with Crippen LogP contribution >= 0.6 is 23.2 Å². The van der Waals surface area contributed by atoms with Gasteiger partial charge in [0.15, 0.2) is 0 Å². The fraction of sp³-hybridized carbons (Fsp3) is 0.100. The van der Waals surface area contributed by atoms with Crippen molar-refractivity contribution >= 4 is 29.2 Å². The van der Waals surface area contributed by atoms with Crippen molar-refractivity contribution in [2.24, 2.45) is 0 Å². The third kappa shape index (κ3) is 4.72. The van der Waals surface area contributed by atoms with Crippen molar-refractivity contribution in [2.75, 3.05) is 6.61 Å². The number of aliphatic carboxylic acids is 1. The Kier molecular flexibility index (Phi) is 4.46. The summed E-state index contributed by atoms with van der Waals surface area (Å²) in [5.74, 6) is -0.509. The Balaban J connectivity index is 2.54. The normalized spacial score (nSPS) is 10.5. The van der Waals surface area contributed by atoms with Gasteiger partial charge < -0.3 is 9.84 Å². The van der Waals surface area contributed by atoms with Crippen molar-refractivity contribution in [3.63, 3.8) is 0 Å². The van der Waals surface area contributed by atoms with Gasteiger partial charge in [-0.05, 0) is 24.3 Å². The molecule has 3 nitrogen and oxygen atoms in total. The van der Waals surface area contributed by atoms with Gasteiger partial charge >= 0.3 is 5.97 Å². The summed E-state index contributed by atoms with van der Waals surface area (Å²) in [5, 5.41) is 9.26. The highest BCUT2D eigenvalue weighted by Crippen LogP contribution is 2.23. The third-order valence-electron chi connectivity index (χ3n) is 1.44. The first-order chi connectivity index (χ1) is 7.08. The highest BCUT2D eigenvalue weighted by atomic mass is 35.5. The first kappa shape index (κ1) is 11.9. The molecule has 0 atom stereocenters. The van der Waals surface area contributed by atoms with Crippen LogP contribution in [0.15, 0.2) is 30.4 Å². The van der Waals surface area contributed by atoms with Crippen LogP contribution in [0.5, 0.6) is 5.75 Å². The van der Waals surface area contributed by atoms with E-state index in [1.54, 1.807) is 18.2 Å². The summed E-state index contributed by atoms with van der Waals surface area (Å²) in [5.41, 5.74) is 0. The number of hydrogen-bond donors (Lipinski definition) is 1. The van der Waals surface area contributed by atoms with Crippen LogP contribution in [0.25, 0.3) is 0 Å². The monoisotopic (exact) mass is 246 g/mol. The van der Waals surface area contributed by atoms with E-state index in [2.05, 4.69) is 0 Å². The topological polar surface area (TPSA) is 46.5 Å². The summed E-state index contributed by atoms with van der Waals surface area (Å²) in [4.78, 5) is 10.1. The van der Waals surface area contributed by atoms with Gasteiger partial charge in [-0.25, -0.2) is 4.79 Å². The molecule has 0 bridgehead atoms. The van der Waals surface area contributed by atoms with E-state index in [4.69, 9.17) is 33.0 Å². The molecule has 0 saturated carbocycles. The lowest BCUT2D eigenvalue weighted by molar-refractivity contribution is -0.131. The van der Waals surface area contributed by atoms with E-state index in [-0.39, 0.29) is 6.61 Å². The molecule has 80 valence electrons. The van der Waals surface area contributed by atoms with Gasteiger partial charge in [0.2, 0.25) is 0 Å². The maximum Gasteiger partial charge on any atom is 0.328 e. The summed E-state index contributed by atoms with van der Waals surface area (Å²) in [6, 6.07) is 4.78. The van der Waals surface area contributed by atoms with Gasteiger partial charge in [0.05, 0.1) is 0 Å². The van der Waals surface area contributed by atoms with Crippen LogP contribution in [0.1, 0.15) is 0 Å². The molecule has 1 aromatic carbocycles. The van der Waals surface area contributed by atoms with E-state index in [0.717, 1.165) is 6.08 Å². The average molecular weight is 247 g/mol. The molecule has 0 aliphatic carbocycles. The minimum Gasteiger partial charge on any atom is -0.489 e. The number of rotatable bonds is 4. The molecule has 15 heavy (non-hydrogen) atoms. The second-order valence-electron chi connectivity index (χ2n) is 2.66. The highest BCUT2D eigenvalue weighted by Gasteiger charge is 1.97. The Morgan fingerprint density at radius 3 is 2.47 bits per heavy atom. The highest BCUT2D eigenvalue weighted by molar-refractivity contribution is 6.34. The molecule has 0 unspecified atom stereocenters.